The van der Waals surface area contributed by atoms with Gasteiger partial charge in [0, 0.05) is 19.0 Å². The Balaban J connectivity index is 1.73. The van der Waals surface area contributed by atoms with Crippen molar-refractivity contribution >= 4 is 5.91 Å². The molecule has 1 aliphatic rings. The van der Waals surface area contributed by atoms with Crippen LogP contribution < -0.4 is 5.32 Å². The number of carbonyl (C=O) groups is 1. The van der Waals surface area contributed by atoms with Crippen LogP contribution >= 0.6 is 0 Å². The average Bonchev–Trinajstić information content (AvgIpc) is 3.00. The summed E-state index contributed by atoms with van der Waals surface area (Å²) >= 11 is 0. The fourth-order valence-electron chi connectivity index (χ4n) is 2.98. The monoisotopic (exact) mass is 288 g/mol. The molecule has 1 fully saturated rings. The number of benzene rings is 1. The third-order valence-electron chi connectivity index (χ3n) is 4.53. The summed E-state index contributed by atoms with van der Waals surface area (Å²) in [7, 11) is 0. The lowest BCUT2D eigenvalue weighted by Gasteiger charge is -2.23. The molecule has 1 atom stereocenters. The topological polar surface area (TPSA) is 32.3 Å². The van der Waals surface area contributed by atoms with Gasteiger partial charge >= 0.3 is 0 Å². The van der Waals surface area contributed by atoms with Gasteiger partial charge in [0.15, 0.2) is 0 Å². The number of hydrogen-bond donors (Lipinski definition) is 1. The maximum Gasteiger partial charge on any atom is 0.220 e. The fourth-order valence-corrected chi connectivity index (χ4v) is 2.98. The van der Waals surface area contributed by atoms with Crippen molar-refractivity contribution in [3.8, 4) is 0 Å². The molecule has 0 aromatic heterocycles. The summed E-state index contributed by atoms with van der Waals surface area (Å²) in [6.07, 6.45) is 4.20. The van der Waals surface area contributed by atoms with Gasteiger partial charge in [-0.1, -0.05) is 23.8 Å². The summed E-state index contributed by atoms with van der Waals surface area (Å²) in [6, 6.07) is 6.91. The quantitative estimate of drug-likeness (QED) is 0.872. The van der Waals surface area contributed by atoms with E-state index in [0.717, 1.165) is 6.42 Å². The Hall–Kier alpha value is -1.35. The van der Waals surface area contributed by atoms with Gasteiger partial charge in [0.05, 0.1) is 0 Å². The molecule has 21 heavy (non-hydrogen) atoms. The minimum absolute atomic E-state index is 0.168. The van der Waals surface area contributed by atoms with E-state index in [2.05, 4.69) is 49.2 Å². The van der Waals surface area contributed by atoms with Gasteiger partial charge in [-0.15, -0.1) is 0 Å². The predicted molar refractivity (Wildman–Crippen MR) is 87.3 cm³/mol. The molecule has 1 aromatic carbocycles. The summed E-state index contributed by atoms with van der Waals surface area (Å²) in [6.45, 7) is 9.46. The van der Waals surface area contributed by atoms with Gasteiger partial charge in [-0.3, -0.25) is 4.79 Å². The zero-order chi connectivity index (χ0) is 15.2. The first-order chi connectivity index (χ1) is 10.1. The standard InChI is InChI=1S/C18H28N2O/c1-14-6-7-15(2)17(12-14)13-19-18(21)9-8-16(3)20-10-4-5-11-20/h6-7,12,16H,4-5,8-11,13H2,1-3H3,(H,19,21). The second kappa shape index (κ2) is 7.60. The van der Waals surface area contributed by atoms with Crippen molar-refractivity contribution in [1.29, 1.82) is 0 Å². The van der Waals surface area contributed by atoms with Crippen LogP contribution in [0.5, 0.6) is 0 Å². The number of hydrogen-bond acceptors (Lipinski definition) is 2. The SMILES string of the molecule is Cc1ccc(C)c(CNC(=O)CCC(C)N2CCCC2)c1. The van der Waals surface area contributed by atoms with Crippen LogP contribution in [0.4, 0.5) is 0 Å². The Morgan fingerprint density at radius 2 is 2.00 bits per heavy atom. The van der Waals surface area contributed by atoms with Crippen LogP contribution in [-0.4, -0.2) is 29.9 Å². The van der Waals surface area contributed by atoms with Crippen LogP contribution in [0.15, 0.2) is 18.2 Å². The van der Waals surface area contributed by atoms with Crippen LogP contribution in [0.1, 0.15) is 49.3 Å². The number of aryl methyl sites for hydroxylation is 2. The molecule has 1 heterocycles. The third kappa shape index (κ3) is 4.85. The summed E-state index contributed by atoms with van der Waals surface area (Å²) in [4.78, 5) is 14.5. The number of nitrogens with zero attached hydrogens (tertiary/aromatic N) is 1. The molecule has 116 valence electrons. The molecule has 1 aliphatic heterocycles. The van der Waals surface area contributed by atoms with E-state index in [9.17, 15) is 4.79 Å². The third-order valence-corrected chi connectivity index (χ3v) is 4.53. The second-order valence-electron chi connectivity index (χ2n) is 6.34. The minimum atomic E-state index is 0.168. The van der Waals surface area contributed by atoms with Crippen LogP contribution in [0.2, 0.25) is 0 Å². The van der Waals surface area contributed by atoms with Crippen molar-refractivity contribution in [2.45, 2.75) is 59.0 Å². The molecule has 0 radical (unpaired) electrons. The smallest absolute Gasteiger partial charge is 0.220 e. The summed E-state index contributed by atoms with van der Waals surface area (Å²) in [5.74, 6) is 0.168. The molecule has 2 rings (SSSR count). The van der Waals surface area contributed by atoms with Gasteiger partial charge in [0.1, 0.15) is 0 Å². The van der Waals surface area contributed by atoms with E-state index in [1.807, 2.05) is 0 Å². The minimum Gasteiger partial charge on any atom is -0.352 e. The number of amides is 1. The van der Waals surface area contributed by atoms with Crippen LogP contribution in [0.3, 0.4) is 0 Å². The fraction of sp³-hybridized carbons (Fsp3) is 0.611. The van der Waals surface area contributed by atoms with E-state index in [-0.39, 0.29) is 5.91 Å². The molecule has 0 spiro atoms. The van der Waals surface area contributed by atoms with Gasteiger partial charge in [-0.05, 0) is 64.3 Å². The van der Waals surface area contributed by atoms with Crippen LogP contribution in [-0.2, 0) is 11.3 Å². The normalized spacial score (nSPS) is 16.9. The molecule has 1 amide bonds. The van der Waals surface area contributed by atoms with E-state index in [4.69, 9.17) is 0 Å². The van der Waals surface area contributed by atoms with E-state index in [1.54, 1.807) is 0 Å². The number of nitrogens with one attached hydrogen (secondary N) is 1. The zero-order valence-corrected chi connectivity index (χ0v) is 13.6. The first kappa shape index (κ1) is 16.0. The molecule has 3 nitrogen and oxygen atoms in total. The molecule has 3 heteroatoms. The van der Waals surface area contributed by atoms with Gasteiger partial charge < -0.3 is 10.2 Å². The molecule has 0 saturated carbocycles. The number of likely N-dealkylation sites (tertiary alicyclic amines) is 1. The highest BCUT2D eigenvalue weighted by molar-refractivity contribution is 5.75. The van der Waals surface area contributed by atoms with Gasteiger partial charge in [0.2, 0.25) is 5.91 Å². The number of carbonyl (C=O) groups excluding carboxylic acids is 1. The maximum absolute atomic E-state index is 12.0. The van der Waals surface area contributed by atoms with Crippen molar-refractivity contribution in [3.05, 3.63) is 34.9 Å². The first-order valence-corrected chi connectivity index (χ1v) is 8.13. The van der Waals surface area contributed by atoms with E-state index >= 15 is 0 Å². The molecular formula is C18H28N2O. The molecule has 1 N–H and O–H groups in total. The van der Waals surface area contributed by atoms with Crippen LogP contribution in [0, 0.1) is 13.8 Å². The summed E-state index contributed by atoms with van der Waals surface area (Å²) < 4.78 is 0. The highest BCUT2D eigenvalue weighted by Gasteiger charge is 2.18. The lowest BCUT2D eigenvalue weighted by atomic mass is 10.1. The Morgan fingerprint density at radius 1 is 1.29 bits per heavy atom. The largest absolute Gasteiger partial charge is 0.352 e. The van der Waals surface area contributed by atoms with Gasteiger partial charge in [-0.25, -0.2) is 0 Å². The van der Waals surface area contributed by atoms with Crippen molar-refractivity contribution in [1.82, 2.24) is 10.2 Å². The average molecular weight is 288 g/mol. The van der Waals surface area contributed by atoms with Gasteiger partial charge in [-0.2, -0.15) is 0 Å². The Morgan fingerprint density at radius 3 is 2.71 bits per heavy atom. The molecule has 1 saturated heterocycles. The highest BCUT2D eigenvalue weighted by Crippen LogP contribution is 2.15. The zero-order valence-electron chi connectivity index (χ0n) is 13.6. The van der Waals surface area contributed by atoms with Crippen molar-refractivity contribution < 1.29 is 4.79 Å². The molecule has 0 bridgehead atoms. The van der Waals surface area contributed by atoms with Crippen molar-refractivity contribution in [3.63, 3.8) is 0 Å². The predicted octanol–water partition coefficient (Wildman–Crippen LogP) is 3.18. The molecule has 0 aliphatic carbocycles. The lowest BCUT2D eigenvalue weighted by Crippen LogP contribution is -2.32. The molecule has 1 unspecified atom stereocenters. The Labute approximate surface area is 128 Å². The van der Waals surface area contributed by atoms with E-state index in [0.29, 0.717) is 19.0 Å². The van der Waals surface area contributed by atoms with Crippen molar-refractivity contribution in [2.75, 3.05) is 13.1 Å². The highest BCUT2D eigenvalue weighted by atomic mass is 16.1. The summed E-state index contributed by atoms with van der Waals surface area (Å²) in [5.41, 5.74) is 3.70. The Kier molecular flexibility index (Phi) is 5.80. The van der Waals surface area contributed by atoms with Crippen LogP contribution in [0.25, 0.3) is 0 Å². The van der Waals surface area contributed by atoms with Crippen molar-refractivity contribution in [2.24, 2.45) is 0 Å². The van der Waals surface area contributed by atoms with E-state index in [1.165, 1.54) is 42.6 Å². The van der Waals surface area contributed by atoms with E-state index < -0.39 is 0 Å². The number of rotatable bonds is 6. The lowest BCUT2D eigenvalue weighted by molar-refractivity contribution is -0.121. The molecular weight excluding hydrogens is 260 g/mol. The van der Waals surface area contributed by atoms with Gasteiger partial charge in [0.25, 0.3) is 0 Å². The molecule has 1 aromatic rings. The maximum atomic E-state index is 12.0. The first-order valence-electron chi connectivity index (χ1n) is 8.13. The summed E-state index contributed by atoms with van der Waals surface area (Å²) in [5, 5.41) is 3.06. The Bertz CT molecular complexity index is 478. The second-order valence-corrected chi connectivity index (χ2v) is 6.34.